The second kappa shape index (κ2) is 3.58. The molecule has 0 aliphatic carbocycles. The number of primary amides is 1. The van der Waals surface area contributed by atoms with Crippen molar-refractivity contribution in [2.75, 3.05) is 0 Å². The molecular formula is C8H8BrNO2. The number of nitrogens with two attached hydrogens (primary N) is 1. The summed E-state index contributed by atoms with van der Waals surface area (Å²) < 4.78 is 0.777. The fraction of sp³-hybridized carbons (Fsp3) is 0.125. The van der Waals surface area contributed by atoms with Crippen molar-refractivity contribution < 1.29 is 9.90 Å². The number of rotatable bonds is 2. The fourth-order valence-electron chi connectivity index (χ4n) is 0.884. The van der Waals surface area contributed by atoms with Crippen LogP contribution in [-0.4, -0.2) is 11.0 Å². The summed E-state index contributed by atoms with van der Waals surface area (Å²) >= 11 is 3.24. The maximum absolute atomic E-state index is 10.6. The lowest BCUT2D eigenvalue weighted by atomic mass is 10.1. The number of phenols is 1. The van der Waals surface area contributed by atoms with Crippen LogP contribution in [0.1, 0.15) is 5.56 Å². The number of carbonyl (C=O) groups excluding carboxylic acids is 1. The first-order chi connectivity index (χ1) is 5.59. The highest BCUT2D eigenvalue weighted by molar-refractivity contribution is 9.10. The first kappa shape index (κ1) is 9.06. The molecule has 0 saturated heterocycles. The van der Waals surface area contributed by atoms with Crippen molar-refractivity contribution in [3.8, 4) is 5.75 Å². The summed E-state index contributed by atoms with van der Waals surface area (Å²) in [5.41, 5.74) is 5.70. The van der Waals surface area contributed by atoms with E-state index in [1.807, 2.05) is 0 Å². The van der Waals surface area contributed by atoms with Gasteiger partial charge in [-0.2, -0.15) is 0 Å². The van der Waals surface area contributed by atoms with E-state index in [1.165, 1.54) is 12.1 Å². The second-order valence-electron chi connectivity index (χ2n) is 2.42. The SMILES string of the molecule is NC(=O)Cc1cc(O)ccc1Br. The number of carbonyl (C=O) groups is 1. The maximum atomic E-state index is 10.6. The summed E-state index contributed by atoms with van der Waals surface area (Å²) in [4.78, 5) is 10.6. The fourth-order valence-corrected chi connectivity index (χ4v) is 1.27. The molecule has 1 aromatic carbocycles. The number of halogens is 1. The molecule has 0 radical (unpaired) electrons. The third-order valence-corrected chi connectivity index (χ3v) is 2.17. The minimum Gasteiger partial charge on any atom is -0.508 e. The van der Waals surface area contributed by atoms with Gasteiger partial charge in [0.15, 0.2) is 0 Å². The van der Waals surface area contributed by atoms with E-state index in [1.54, 1.807) is 6.07 Å². The molecule has 1 amide bonds. The minimum absolute atomic E-state index is 0.134. The van der Waals surface area contributed by atoms with Gasteiger partial charge in [0.2, 0.25) is 5.91 Å². The molecule has 0 atom stereocenters. The predicted molar refractivity (Wildman–Crippen MR) is 48.7 cm³/mol. The summed E-state index contributed by atoms with van der Waals surface area (Å²) in [5.74, 6) is -0.282. The number of aromatic hydroxyl groups is 1. The van der Waals surface area contributed by atoms with Crippen LogP contribution in [0.15, 0.2) is 22.7 Å². The van der Waals surface area contributed by atoms with Gasteiger partial charge in [-0.15, -0.1) is 0 Å². The molecule has 12 heavy (non-hydrogen) atoms. The van der Waals surface area contributed by atoms with Gasteiger partial charge in [-0.3, -0.25) is 4.79 Å². The Balaban J connectivity index is 2.97. The van der Waals surface area contributed by atoms with Crippen LogP contribution in [0.2, 0.25) is 0 Å². The molecule has 0 aromatic heterocycles. The van der Waals surface area contributed by atoms with Crippen molar-refractivity contribution in [2.24, 2.45) is 5.73 Å². The quantitative estimate of drug-likeness (QED) is 0.801. The Morgan fingerprint density at radius 3 is 2.83 bits per heavy atom. The topological polar surface area (TPSA) is 63.3 Å². The van der Waals surface area contributed by atoms with Crippen molar-refractivity contribution >= 4 is 21.8 Å². The summed E-state index contributed by atoms with van der Waals surface area (Å²) in [6.07, 6.45) is 0.134. The van der Waals surface area contributed by atoms with Gasteiger partial charge in [0, 0.05) is 4.47 Å². The molecule has 0 unspecified atom stereocenters. The Morgan fingerprint density at radius 1 is 1.58 bits per heavy atom. The molecule has 0 heterocycles. The molecule has 3 N–H and O–H groups in total. The van der Waals surface area contributed by atoms with E-state index in [0.717, 1.165) is 4.47 Å². The number of benzene rings is 1. The molecule has 1 rings (SSSR count). The molecular weight excluding hydrogens is 222 g/mol. The van der Waals surface area contributed by atoms with E-state index < -0.39 is 5.91 Å². The van der Waals surface area contributed by atoms with Gasteiger partial charge >= 0.3 is 0 Å². The van der Waals surface area contributed by atoms with Crippen molar-refractivity contribution in [2.45, 2.75) is 6.42 Å². The molecule has 0 fully saturated rings. The molecule has 1 aromatic rings. The van der Waals surface area contributed by atoms with E-state index >= 15 is 0 Å². The van der Waals surface area contributed by atoms with E-state index in [4.69, 9.17) is 10.8 Å². The van der Waals surface area contributed by atoms with Gasteiger partial charge < -0.3 is 10.8 Å². The highest BCUT2D eigenvalue weighted by Gasteiger charge is 2.03. The van der Waals surface area contributed by atoms with Crippen molar-refractivity contribution in [3.05, 3.63) is 28.2 Å². The number of phenolic OH excluding ortho intramolecular Hbond substituents is 1. The normalized spacial score (nSPS) is 9.75. The Morgan fingerprint density at radius 2 is 2.25 bits per heavy atom. The van der Waals surface area contributed by atoms with Crippen LogP contribution in [0.3, 0.4) is 0 Å². The second-order valence-corrected chi connectivity index (χ2v) is 3.27. The summed E-state index contributed by atoms with van der Waals surface area (Å²) in [5, 5.41) is 9.08. The smallest absolute Gasteiger partial charge is 0.221 e. The number of hydrogen-bond donors (Lipinski definition) is 2. The third kappa shape index (κ3) is 2.23. The zero-order valence-electron chi connectivity index (χ0n) is 6.25. The third-order valence-electron chi connectivity index (χ3n) is 1.39. The minimum atomic E-state index is -0.415. The first-order valence-electron chi connectivity index (χ1n) is 3.35. The summed E-state index contributed by atoms with van der Waals surface area (Å²) in [7, 11) is 0. The molecule has 0 aliphatic heterocycles. The first-order valence-corrected chi connectivity index (χ1v) is 4.14. The zero-order chi connectivity index (χ0) is 9.14. The van der Waals surface area contributed by atoms with Crippen LogP contribution in [0.4, 0.5) is 0 Å². The maximum Gasteiger partial charge on any atom is 0.221 e. The van der Waals surface area contributed by atoms with Crippen LogP contribution in [0.5, 0.6) is 5.75 Å². The summed E-state index contributed by atoms with van der Waals surface area (Å²) in [6, 6.07) is 4.72. The van der Waals surface area contributed by atoms with Crippen LogP contribution in [0, 0.1) is 0 Å². The average molecular weight is 230 g/mol. The van der Waals surface area contributed by atoms with E-state index in [-0.39, 0.29) is 12.2 Å². The lowest BCUT2D eigenvalue weighted by molar-refractivity contribution is -0.117. The van der Waals surface area contributed by atoms with Gasteiger partial charge in [-0.05, 0) is 23.8 Å². The molecule has 0 spiro atoms. The molecule has 0 aliphatic rings. The Bertz CT molecular complexity index is 312. The van der Waals surface area contributed by atoms with Crippen molar-refractivity contribution in [1.82, 2.24) is 0 Å². The molecule has 0 saturated carbocycles. The van der Waals surface area contributed by atoms with Crippen molar-refractivity contribution in [3.63, 3.8) is 0 Å². The Labute approximate surface area is 78.3 Å². The van der Waals surface area contributed by atoms with Crippen LogP contribution in [-0.2, 0) is 11.2 Å². The number of amides is 1. The Kier molecular flexibility index (Phi) is 2.70. The zero-order valence-corrected chi connectivity index (χ0v) is 7.84. The van der Waals surface area contributed by atoms with Gasteiger partial charge in [0.25, 0.3) is 0 Å². The molecule has 64 valence electrons. The predicted octanol–water partition coefficient (Wildman–Crippen LogP) is 1.18. The summed E-state index contributed by atoms with van der Waals surface area (Å²) in [6.45, 7) is 0. The lowest BCUT2D eigenvalue weighted by Gasteiger charge is -2.01. The van der Waals surface area contributed by atoms with Gasteiger partial charge in [-0.1, -0.05) is 15.9 Å². The Hall–Kier alpha value is -1.03. The van der Waals surface area contributed by atoms with E-state index in [0.29, 0.717) is 5.56 Å². The largest absolute Gasteiger partial charge is 0.508 e. The molecule has 0 bridgehead atoms. The van der Waals surface area contributed by atoms with Gasteiger partial charge in [0.05, 0.1) is 6.42 Å². The monoisotopic (exact) mass is 229 g/mol. The average Bonchev–Trinajstić information content (AvgIpc) is 1.96. The molecule has 4 heteroatoms. The number of hydrogen-bond acceptors (Lipinski definition) is 2. The van der Waals surface area contributed by atoms with Gasteiger partial charge in [-0.25, -0.2) is 0 Å². The van der Waals surface area contributed by atoms with E-state index in [9.17, 15) is 4.79 Å². The van der Waals surface area contributed by atoms with Crippen molar-refractivity contribution in [1.29, 1.82) is 0 Å². The van der Waals surface area contributed by atoms with Crippen LogP contribution >= 0.6 is 15.9 Å². The highest BCUT2D eigenvalue weighted by atomic mass is 79.9. The van der Waals surface area contributed by atoms with Crippen LogP contribution in [0.25, 0.3) is 0 Å². The van der Waals surface area contributed by atoms with E-state index in [2.05, 4.69) is 15.9 Å². The lowest BCUT2D eigenvalue weighted by Crippen LogP contribution is -2.13. The van der Waals surface area contributed by atoms with Gasteiger partial charge in [0.1, 0.15) is 5.75 Å². The highest BCUT2D eigenvalue weighted by Crippen LogP contribution is 2.21. The standard InChI is InChI=1S/C8H8BrNO2/c9-7-2-1-6(11)3-5(7)4-8(10)12/h1-3,11H,4H2,(H2,10,12). The van der Waals surface area contributed by atoms with Crippen LogP contribution < -0.4 is 5.73 Å². The molecule has 3 nitrogen and oxygen atoms in total.